The molecular formula is C21H37N3O2S. The van der Waals surface area contributed by atoms with Gasteiger partial charge in [0.15, 0.2) is 5.13 Å². The summed E-state index contributed by atoms with van der Waals surface area (Å²) >= 11 is 1.41. The lowest BCUT2D eigenvalue weighted by atomic mass is 10.1. The van der Waals surface area contributed by atoms with E-state index < -0.39 is 0 Å². The number of carbonyl (C=O) groups is 2. The molecule has 154 valence electrons. The molecule has 1 rings (SSSR count). The van der Waals surface area contributed by atoms with Gasteiger partial charge in [0.1, 0.15) is 0 Å². The number of aryl methyl sites for hydroxylation is 1. The summed E-state index contributed by atoms with van der Waals surface area (Å²) in [4.78, 5) is 30.9. The zero-order chi connectivity index (χ0) is 19.9. The fourth-order valence-corrected chi connectivity index (χ4v) is 3.68. The van der Waals surface area contributed by atoms with Crippen molar-refractivity contribution in [2.24, 2.45) is 0 Å². The second kappa shape index (κ2) is 14.6. The Hall–Kier alpha value is -1.43. The van der Waals surface area contributed by atoms with Crippen molar-refractivity contribution in [1.82, 2.24) is 9.88 Å². The summed E-state index contributed by atoms with van der Waals surface area (Å²) in [6, 6.07) is 0. The van der Waals surface area contributed by atoms with Gasteiger partial charge in [0.25, 0.3) is 0 Å². The number of unbranched alkanes of at least 4 members (excludes halogenated alkanes) is 8. The van der Waals surface area contributed by atoms with Gasteiger partial charge in [-0.25, -0.2) is 4.98 Å². The average molecular weight is 396 g/mol. The third kappa shape index (κ3) is 11.1. The fourth-order valence-electron chi connectivity index (χ4n) is 2.98. The first-order valence-corrected chi connectivity index (χ1v) is 11.4. The lowest BCUT2D eigenvalue weighted by Crippen LogP contribution is -2.38. The largest absolute Gasteiger partial charge is 0.333 e. The normalized spacial score (nSPS) is 10.8. The van der Waals surface area contributed by atoms with E-state index in [0.717, 1.165) is 37.8 Å². The molecule has 1 N–H and O–H groups in total. The van der Waals surface area contributed by atoms with Crippen LogP contribution in [0.4, 0.5) is 5.13 Å². The molecule has 0 spiro atoms. The van der Waals surface area contributed by atoms with E-state index in [0.29, 0.717) is 18.1 Å². The molecule has 0 unspecified atom stereocenters. The number of hydrogen-bond donors (Lipinski definition) is 1. The molecule has 0 radical (unpaired) electrons. The first kappa shape index (κ1) is 23.6. The zero-order valence-corrected chi connectivity index (χ0v) is 18.2. The van der Waals surface area contributed by atoms with Crippen LogP contribution in [0.15, 0.2) is 5.38 Å². The Balaban J connectivity index is 2.39. The highest BCUT2D eigenvalue weighted by molar-refractivity contribution is 7.13. The SMILES string of the molecule is CCCCCCCCCC(=O)N(CCCCC)CC(=O)Nc1nc(C)cs1. The number of nitrogens with zero attached hydrogens (tertiary/aromatic N) is 2. The lowest BCUT2D eigenvalue weighted by molar-refractivity contribution is -0.134. The maximum absolute atomic E-state index is 12.6. The predicted octanol–water partition coefficient (Wildman–Crippen LogP) is 5.55. The molecule has 0 atom stereocenters. The summed E-state index contributed by atoms with van der Waals surface area (Å²) in [7, 11) is 0. The number of nitrogens with one attached hydrogen (secondary N) is 1. The summed E-state index contributed by atoms with van der Waals surface area (Å²) in [5.41, 5.74) is 0.894. The Morgan fingerprint density at radius 3 is 2.26 bits per heavy atom. The monoisotopic (exact) mass is 395 g/mol. The molecule has 0 bridgehead atoms. The van der Waals surface area contributed by atoms with Crippen LogP contribution in [-0.2, 0) is 9.59 Å². The maximum atomic E-state index is 12.6. The molecule has 27 heavy (non-hydrogen) atoms. The minimum Gasteiger partial charge on any atom is -0.333 e. The topological polar surface area (TPSA) is 62.3 Å². The third-order valence-corrected chi connectivity index (χ3v) is 5.45. The Kier molecular flexibility index (Phi) is 12.8. The molecule has 1 aromatic heterocycles. The summed E-state index contributed by atoms with van der Waals surface area (Å²) in [6.07, 6.45) is 12.0. The summed E-state index contributed by atoms with van der Waals surface area (Å²) < 4.78 is 0. The van der Waals surface area contributed by atoms with Crippen LogP contribution in [0.3, 0.4) is 0 Å². The van der Waals surface area contributed by atoms with Crippen molar-refractivity contribution in [3.05, 3.63) is 11.1 Å². The highest BCUT2D eigenvalue weighted by atomic mass is 32.1. The number of anilines is 1. The van der Waals surface area contributed by atoms with E-state index in [-0.39, 0.29) is 18.4 Å². The molecule has 0 aliphatic rings. The number of aromatic nitrogens is 1. The van der Waals surface area contributed by atoms with Crippen molar-refractivity contribution in [1.29, 1.82) is 0 Å². The zero-order valence-electron chi connectivity index (χ0n) is 17.4. The van der Waals surface area contributed by atoms with Crippen LogP contribution in [0.1, 0.15) is 90.2 Å². The van der Waals surface area contributed by atoms with Crippen LogP contribution in [0, 0.1) is 6.92 Å². The van der Waals surface area contributed by atoms with Gasteiger partial charge in [-0.2, -0.15) is 0 Å². The summed E-state index contributed by atoms with van der Waals surface area (Å²) in [5, 5.41) is 5.31. The van der Waals surface area contributed by atoms with Crippen LogP contribution in [0.5, 0.6) is 0 Å². The molecule has 1 aromatic rings. The van der Waals surface area contributed by atoms with Gasteiger partial charge >= 0.3 is 0 Å². The number of rotatable bonds is 15. The predicted molar refractivity (Wildman–Crippen MR) is 114 cm³/mol. The van der Waals surface area contributed by atoms with Gasteiger partial charge in [0, 0.05) is 18.3 Å². The third-order valence-electron chi connectivity index (χ3n) is 4.58. The van der Waals surface area contributed by atoms with Crippen LogP contribution >= 0.6 is 11.3 Å². The van der Waals surface area contributed by atoms with E-state index in [4.69, 9.17) is 0 Å². The van der Waals surface area contributed by atoms with Crippen LogP contribution < -0.4 is 5.32 Å². The summed E-state index contributed by atoms with van der Waals surface area (Å²) in [5.74, 6) is -0.0566. The average Bonchev–Trinajstić information content (AvgIpc) is 3.04. The van der Waals surface area contributed by atoms with E-state index in [9.17, 15) is 9.59 Å². The van der Waals surface area contributed by atoms with Gasteiger partial charge in [-0.15, -0.1) is 11.3 Å². The quantitative estimate of drug-likeness (QED) is 0.396. The van der Waals surface area contributed by atoms with E-state index in [1.165, 1.54) is 43.4 Å². The van der Waals surface area contributed by atoms with Gasteiger partial charge in [0.05, 0.1) is 12.2 Å². The van der Waals surface area contributed by atoms with E-state index in [1.807, 2.05) is 12.3 Å². The molecule has 5 nitrogen and oxygen atoms in total. The molecule has 0 fully saturated rings. The number of thiazole rings is 1. The molecular weight excluding hydrogens is 358 g/mol. The Morgan fingerprint density at radius 2 is 1.63 bits per heavy atom. The van der Waals surface area contributed by atoms with Gasteiger partial charge in [-0.3, -0.25) is 9.59 Å². The minimum atomic E-state index is -0.159. The second-order valence-electron chi connectivity index (χ2n) is 7.24. The van der Waals surface area contributed by atoms with Gasteiger partial charge in [-0.05, 0) is 19.8 Å². The molecule has 0 aliphatic heterocycles. The second-order valence-corrected chi connectivity index (χ2v) is 8.09. The first-order chi connectivity index (χ1) is 13.1. The first-order valence-electron chi connectivity index (χ1n) is 10.6. The highest BCUT2D eigenvalue weighted by Gasteiger charge is 2.17. The number of amides is 2. The molecule has 0 aliphatic carbocycles. The highest BCUT2D eigenvalue weighted by Crippen LogP contribution is 2.15. The van der Waals surface area contributed by atoms with Crippen molar-refractivity contribution in [2.45, 2.75) is 91.4 Å². The van der Waals surface area contributed by atoms with Gasteiger partial charge < -0.3 is 10.2 Å². The van der Waals surface area contributed by atoms with E-state index >= 15 is 0 Å². The van der Waals surface area contributed by atoms with Crippen molar-refractivity contribution in [3.63, 3.8) is 0 Å². The number of carbonyl (C=O) groups excluding carboxylic acids is 2. The van der Waals surface area contributed by atoms with Crippen molar-refractivity contribution < 1.29 is 9.59 Å². The Morgan fingerprint density at radius 1 is 1.00 bits per heavy atom. The van der Waals surface area contributed by atoms with Crippen LogP contribution in [0.25, 0.3) is 0 Å². The molecule has 0 saturated carbocycles. The molecule has 2 amide bonds. The lowest BCUT2D eigenvalue weighted by Gasteiger charge is -2.22. The molecule has 0 saturated heterocycles. The van der Waals surface area contributed by atoms with Crippen LogP contribution in [-0.4, -0.2) is 34.8 Å². The minimum absolute atomic E-state index is 0.102. The van der Waals surface area contributed by atoms with Crippen molar-refractivity contribution in [2.75, 3.05) is 18.4 Å². The Bertz CT molecular complexity index is 545. The Labute approximate surface area is 168 Å². The molecule has 0 aromatic carbocycles. The van der Waals surface area contributed by atoms with Crippen molar-refractivity contribution >= 4 is 28.3 Å². The summed E-state index contributed by atoms with van der Waals surface area (Å²) in [6.45, 7) is 7.04. The maximum Gasteiger partial charge on any atom is 0.245 e. The van der Waals surface area contributed by atoms with Gasteiger partial charge in [0.2, 0.25) is 11.8 Å². The van der Waals surface area contributed by atoms with Gasteiger partial charge in [-0.1, -0.05) is 65.2 Å². The molecule has 1 heterocycles. The van der Waals surface area contributed by atoms with Crippen molar-refractivity contribution in [3.8, 4) is 0 Å². The van der Waals surface area contributed by atoms with Crippen LogP contribution in [0.2, 0.25) is 0 Å². The standard InChI is InChI=1S/C21H37N3O2S/c1-4-6-8-9-10-11-12-14-20(26)24(15-13-7-5-2)16-19(25)23-21-22-18(3)17-27-21/h17H,4-16H2,1-3H3,(H,22,23,25). The van der Waals surface area contributed by atoms with E-state index in [2.05, 4.69) is 24.1 Å². The molecule has 6 heteroatoms. The number of hydrogen-bond acceptors (Lipinski definition) is 4. The van der Waals surface area contributed by atoms with E-state index in [1.54, 1.807) is 4.90 Å². The smallest absolute Gasteiger partial charge is 0.245 e. The fraction of sp³-hybridized carbons (Fsp3) is 0.762.